The maximum Gasteiger partial charge on any atom is 0.248 e. The normalized spacial score (nSPS) is 12.2. The third kappa shape index (κ3) is 5.77. The zero-order chi connectivity index (χ0) is 21.6. The molecule has 0 aliphatic carbocycles. The summed E-state index contributed by atoms with van der Waals surface area (Å²) in [4.78, 5) is 13.0. The third-order valence-corrected chi connectivity index (χ3v) is 5.54. The highest BCUT2D eigenvalue weighted by molar-refractivity contribution is 7.92. The summed E-state index contributed by atoms with van der Waals surface area (Å²) in [5.74, 6) is 0.509. The molecule has 0 bridgehead atoms. The third-order valence-electron chi connectivity index (χ3n) is 4.14. The Kier molecular flexibility index (Phi) is 7.75. The number of carbonyl (C=O) groups excluding carboxylic acids is 1. The number of nitrogens with zero attached hydrogens (tertiary/aromatic N) is 1. The Morgan fingerprint density at radius 2 is 1.83 bits per heavy atom. The second-order valence-electron chi connectivity index (χ2n) is 6.25. The van der Waals surface area contributed by atoms with Crippen molar-refractivity contribution in [1.29, 1.82) is 0 Å². The first-order valence-electron chi connectivity index (χ1n) is 9.07. The molecule has 1 amide bonds. The van der Waals surface area contributed by atoms with Crippen molar-refractivity contribution in [3.63, 3.8) is 0 Å². The van der Waals surface area contributed by atoms with E-state index >= 15 is 0 Å². The molecule has 0 aromatic heterocycles. The van der Waals surface area contributed by atoms with Gasteiger partial charge in [-0.15, -0.1) is 0 Å². The Morgan fingerprint density at radius 1 is 1.17 bits per heavy atom. The predicted molar refractivity (Wildman–Crippen MR) is 116 cm³/mol. The lowest BCUT2D eigenvalue weighted by Gasteiger charge is -2.31. The van der Waals surface area contributed by atoms with E-state index in [0.717, 1.165) is 10.6 Å². The summed E-state index contributed by atoms with van der Waals surface area (Å²) in [7, 11) is -2.39. The van der Waals surface area contributed by atoms with E-state index in [1.165, 1.54) is 13.2 Å². The van der Waals surface area contributed by atoms with Crippen LogP contribution in [-0.2, 0) is 14.8 Å². The van der Waals surface area contributed by atoms with Gasteiger partial charge in [-0.2, -0.15) is 0 Å². The Balaban J connectivity index is 2.38. The van der Waals surface area contributed by atoms with Crippen LogP contribution < -0.4 is 19.1 Å². The van der Waals surface area contributed by atoms with Crippen molar-refractivity contribution < 1.29 is 22.7 Å². The van der Waals surface area contributed by atoms with Crippen LogP contribution in [0.25, 0.3) is 0 Å². The van der Waals surface area contributed by atoms with E-state index in [2.05, 4.69) is 5.32 Å². The summed E-state index contributed by atoms with van der Waals surface area (Å²) < 4.78 is 37.0. The predicted octanol–water partition coefficient (Wildman–Crippen LogP) is 3.93. The number of benzene rings is 2. The van der Waals surface area contributed by atoms with E-state index in [4.69, 9.17) is 21.1 Å². The summed E-state index contributed by atoms with van der Waals surface area (Å²) >= 11 is 6.08. The molecule has 0 fully saturated rings. The number of methoxy groups -OCH3 is 1. The van der Waals surface area contributed by atoms with Crippen molar-refractivity contribution in [3.8, 4) is 11.5 Å². The second kappa shape index (κ2) is 9.84. The molecule has 0 saturated carbocycles. The van der Waals surface area contributed by atoms with Crippen molar-refractivity contribution in [1.82, 2.24) is 0 Å². The highest BCUT2D eigenvalue weighted by atomic mass is 35.5. The molecule has 0 radical (unpaired) electrons. The average molecular weight is 441 g/mol. The first-order valence-corrected chi connectivity index (χ1v) is 11.3. The van der Waals surface area contributed by atoms with Crippen LogP contribution in [0.15, 0.2) is 42.5 Å². The maximum absolute atomic E-state index is 13.0. The van der Waals surface area contributed by atoms with Gasteiger partial charge in [-0.05, 0) is 55.8 Å². The molecule has 2 rings (SSSR count). The van der Waals surface area contributed by atoms with Crippen LogP contribution in [0.3, 0.4) is 0 Å². The molecule has 158 valence electrons. The van der Waals surface area contributed by atoms with Gasteiger partial charge in [0.05, 0.1) is 25.7 Å². The summed E-state index contributed by atoms with van der Waals surface area (Å²) in [5, 5.41) is 3.09. The van der Waals surface area contributed by atoms with Gasteiger partial charge in [0.25, 0.3) is 0 Å². The minimum Gasteiger partial charge on any atom is -0.495 e. The van der Waals surface area contributed by atoms with E-state index in [0.29, 0.717) is 28.8 Å². The van der Waals surface area contributed by atoms with E-state index in [-0.39, 0.29) is 12.1 Å². The number of ether oxygens (including phenoxy) is 2. The fraction of sp³-hybridized carbons (Fsp3) is 0.350. The standard InChI is InChI=1S/C20H25ClN2O5S/c1-5-17(20(24)22-15-8-10-16(11-9-15)28-6-2)23(29(4,25)26)18-13-14(21)7-12-19(18)27-3/h7-13,17H,5-6H2,1-4H3,(H,22,24)/t17-/m1/s1. The van der Waals surface area contributed by atoms with E-state index in [1.807, 2.05) is 6.92 Å². The van der Waals surface area contributed by atoms with Gasteiger partial charge in [0.2, 0.25) is 15.9 Å². The van der Waals surface area contributed by atoms with Gasteiger partial charge >= 0.3 is 0 Å². The minimum atomic E-state index is -3.82. The first kappa shape index (κ1) is 22.8. The van der Waals surface area contributed by atoms with Gasteiger partial charge < -0.3 is 14.8 Å². The second-order valence-corrected chi connectivity index (χ2v) is 8.54. The largest absolute Gasteiger partial charge is 0.495 e. The van der Waals surface area contributed by atoms with Crippen LogP contribution in [0.4, 0.5) is 11.4 Å². The zero-order valence-corrected chi connectivity index (χ0v) is 18.4. The lowest BCUT2D eigenvalue weighted by atomic mass is 10.1. The molecule has 0 aliphatic rings. The number of anilines is 2. The van der Waals surface area contributed by atoms with Gasteiger partial charge in [0.15, 0.2) is 0 Å². The monoisotopic (exact) mass is 440 g/mol. The molecular formula is C20H25ClN2O5S. The molecule has 2 aromatic carbocycles. The van der Waals surface area contributed by atoms with E-state index in [9.17, 15) is 13.2 Å². The molecule has 1 N–H and O–H groups in total. The molecule has 7 nitrogen and oxygen atoms in total. The van der Waals surface area contributed by atoms with Crippen LogP contribution in [0, 0.1) is 0 Å². The number of amides is 1. The molecule has 2 aromatic rings. The molecular weight excluding hydrogens is 416 g/mol. The molecule has 0 spiro atoms. The number of carbonyl (C=O) groups is 1. The summed E-state index contributed by atoms with van der Waals surface area (Å²) in [6.45, 7) is 4.15. The quantitative estimate of drug-likeness (QED) is 0.638. The van der Waals surface area contributed by atoms with Crippen LogP contribution in [-0.4, -0.2) is 40.3 Å². The zero-order valence-electron chi connectivity index (χ0n) is 16.8. The average Bonchev–Trinajstić information content (AvgIpc) is 2.66. The number of hydrogen-bond acceptors (Lipinski definition) is 5. The number of halogens is 1. The number of rotatable bonds is 9. The van der Waals surface area contributed by atoms with Crippen LogP contribution >= 0.6 is 11.6 Å². The lowest BCUT2D eigenvalue weighted by Crippen LogP contribution is -2.47. The van der Waals surface area contributed by atoms with Gasteiger partial charge in [0.1, 0.15) is 17.5 Å². The number of nitrogens with one attached hydrogen (secondary N) is 1. The smallest absolute Gasteiger partial charge is 0.248 e. The highest BCUT2D eigenvalue weighted by Crippen LogP contribution is 2.35. The van der Waals surface area contributed by atoms with Crippen LogP contribution in [0.2, 0.25) is 5.02 Å². The molecule has 9 heteroatoms. The van der Waals surface area contributed by atoms with E-state index in [1.54, 1.807) is 43.3 Å². The summed E-state index contributed by atoms with van der Waals surface area (Å²) in [6, 6.07) is 10.5. The molecule has 0 heterocycles. The SMILES string of the molecule is CCOc1ccc(NC(=O)[C@@H](CC)N(c2cc(Cl)ccc2OC)S(C)(=O)=O)cc1. The Bertz CT molecular complexity index is 948. The highest BCUT2D eigenvalue weighted by Gasteiger charge is 2.33. The van der Waals surface area contributed by atoms with Crippen molar-refractivity contribution >= 4 is 38.9 Å². The van der Waals surface area contributed by atoms with Gasteiger partial charge in [0, 0.05) is 10.7 Å². The first-order chi connectivity index (χ1) is 13.7. The Labute approximate surface area is 176 Å². The fourth-order valence-corrected chi connectivity index (χ4v) is 4.27. The molecule has 0 saturated heterocycles. The van der Waals surface area contributed by atoms with Crippen molar-refractivity contribution in [2.24, 2.45) is 0 Å². The van der Waals surface area contributed by atoms with Gasteiger partial charge in [-0.1, -0.05) is 18.5 Å². The van der Waals surface area contributed by atoms with Crippen molar-refractivity contribution in [2.45, 2.75) is 26.3 Å². The fourth-order valence-electron chi connectivity index (χ4n) is 2.90. The summed E-state index contributed by atoms with van der Waals surface area (Å²) in [5.41, 5.74) is 0.736. The maximum atomic E-state index is 13.0. The van der Waals surface area contributed by atoms with Gasteiger partial charge in [-0.25, -0.2) is 8.42 Å². The number of hydrogen-bond donors (Lipinski definition) is 1. The lowest BCUT2D eigenvalue weighted by molar-refractivity contribution is -0.117. The molecule has 29 heavy (non-hydrogen) atoms. The molecule has 0 aliphatic heterocycles. The minimum absolute atomic E-state index is 0.205. The van der Waals surface area contributed by atoms with Crippen LogP contribution in [0.1, 0.15) is 20.3 Å². The summed E-state index contributed by atoms with van der Waals surface area (Å²) in [6.07, 6.45) is 1.28. The molecule has 0 unspecified atom stereocenters. The van der Waals surface area contributed by atoms with Crippen molar-refractivity contribution in [3.05, 3.63) is 47.5 Å². The van der Waals surface area contributed by atoms with Gasteiger partial charge in [-0.3, -0.25) is 9.10 Å². The van der Waals surface area contributed by atoms with Crippen molar-refractivity contribution in [2.75, 3.05) is 29.6 Å². The Morgan fingerprint density at radius 3 is 2.34 bits per heavy atom. The van der Waals surface area contributed by atoms with Crippen LogP contribution in [0.5, 0.6) is 11.5 Å². The topological polar surface area (TPSA) is 84.9 Å². The molecule has 1 atom stereocenters. The Hall–Kier alpha value is -2.45. The van der Waals surface area contributed by atoms with E-state index < -0.39 is 22.0 Å². The number of sulfonamides is 1.